The molecule has 0 fully saturated rings. The van der Waals surface area contributed by atoms with Gasteiger partial charge in [-0.3, -0.25) is 4.79 Å². The molecule has 0 saturated heterocycles. The van der Waals surface area contributed by atoms with Crippen molar-refractivity contribution in [1.82, 2.24) is 4.98 Å². The molecule has 0 atom stereocenters. The zero-order chi connectivity index (χ0) is 13.0. The summed E-state index contributed by atoms with van der Waals surface area (Å²) >= 11 is 0. The molecule has 0 aliphatic rings. The number of rotatable bonds is 4. The maximum atomic E-state index is 12.8. The van der Waals surface area contributed by atoms with Gasteiger partial charge in [-0.25, -0.2) is 9.37 Å². The summed E-state index contributed by atoms with van der Waals surface area (Å²) < 4.78 is 17.8. The minimum absolute atomic E-state index is 0.105. The highest BCUT2D eigenvalue weighted by molar-refractivity contribution is 5.99. The highest BCUT2D eigenvalue weighted by Crippen LogP contribution is 2.16. The Morgan fingerprint density at radius 3 is 2.67 bits per heavy atom. The molecule has 1 heterocycles. The molecule has 18 heavy (non-hydrogen) atoms. The van der Waals surface area contributed by atoms with Gasteiger partial charge in [0.05, 0.1) is 12.7 Å². The summed E-state index contributed by atoms with van der Waals surface area (Å²) in [5.41, 5.74) is 1.19. The first-order valence-corrected chi connectivity index (χ1v) is 5.47. The third kappa shape index (κ3) is 2.71. The van der Waals surface area contributed by atoms with Crippen molar-refractivity contribution >= 4 is 5.78 Å². The van der Waals surface area contributed by atoms with Gasteiger partial charge in [0.25, 0.3) is 0 Å². The number of ketones is 1. The molecule has 0 aliphatic carbocycles. The van der Waals surface area contributed by atoms with Gasteiger partial charge < -0.3 is 4.74 Å². The predicted molar refractivity (Wildman–Crippen MR) is 65.2 cm³/mol. The molecular weight excluding hydrogens is 233 g/mol. The molecule has 3 nitrogen and oxygen atoms in total. The Morgan fingerprint density at radius 2 is 2.00 bits per heavy atom. The van der Waals surface area contributed by atoms with Crippen LogP contribution in [0.4, 0.5) is 4.39 Å². The average molecular weight is 245 g/mol. The maximum absolute atomic E-state index is 12.8. The summed E-state index contributed by atoms with van der Waals surface area (Å²) in [5.74, 6) is -0.110. The predicted octanol–water partition coefficient (Wildman–Crippen LogP) is 2.65. The second kappa shape index (κ2) is 5.40. The van der Waals surface area contributed by atoms with Crippen molar-refractivity contribution in [2.45, 2.75) is 6.42 Å². The summed E-state index contributed by atoms with van der Waals surface area (Å²) in [6, 6.07) is 9.20. The summed E-state index contributed by atoms with van der Waals surface area (Å²) in [5, 5.41) is 0. The number of aromatic nitrogens is 1. The van der Waals surface area contributed by atoms with Crippen molar-refractivity contribution in [3.05, 3.63) is 59.5 Å². The Hall–Kier alpha value is -2.23. The fourth-order valence-electron chi connectivity index (χ4n) is 1.65. The molecule has 0 N–H and O–H groups in total. The van der Waals surface area contributed by atoms with E-state index in [-0.39, 0.29) is 18.0 Å². The van der Waals surface area contributed by atoms with Crippen LogP contribution in [-0.2, 0) is 6.42 Å². The fraction of sp³-hybridized carbons (Fsp3) is 0.143. The standard InChI is InChI=1S/C14H12FNO2/c1-18-14-12(3-2-8-16-14)13(17)9-10-4-6-11(15)7-5-10/h2-8H,9H2,1H3. The number of hydrogen-bond donors (Lipinski definition) is 0. The minimum Gasteiger partial charge on any atom is -0.480 e. The molecule has 2 aromatic rings. The van der Waals surface area contributed by atoms with Gasteiger partial charge in [0.1, 0.15) is 5.82 Å². The highest BCUT2D eigenvalue weighted by atomic mass is 19.1. The van der Waals surface area contributed by atoms with E-state index in [0.717, 1.165) is 5.56 Å². The third-order valence-electron chi connectivity index (χ3n) is 2.54. The molecule has 1 aromatic carbocycles. The van der Waals surface area contributed by atoms with E-state index in [0.29, 0.717) is 11.4 Å². The molecule has 0 unspecified atom stereocenters. The van der Waals surface area contributed by atoms with Crippen molar-refractivity contribution in [3.8, 4) is 5.88 Å². The number of pyridine rings is 1. The minimum atomic E-state index is -0.315. The van der Waals surface area contributed by atoms with E-state index in [9.17, 15) is 9.18 Å². The molecule has 2 rings (SSSR count). The van der Waals surface area contributed by atoms with E-state index in [1.54, 1.807) is 30.5 Å². The van der Waals surface area contributed by atoms with Crippen molar-refractivity contribution in [2.75, 3.05) is 7.11 Å². The van der Waals surface area contributed by atoms with E-state index in [4.69, 9.17) is 4.74 Å². The first kappa shape index (κ1) is 12.2. The van der Waals surface area contributed by atoms with Crippen LogP contribution in [0.3, 0.4) is 0 Å². The summed E-state index contributed by atoms with van der Waals surface area (Å²) in [6.45, 7) is 0. The van der Waals surface area contributed by atoms with Crippen LogP contribution >= 0.6 is 0 Å². The Balaban J connectivity index is 2.19. The van der Waals surface area contributed by atoms with E-state index < -0.39 is 0 Å². The number of Topliss-reactive ketones (excluding diaryl/α,β-unsaturated/α-hetero) is 1. The van der Waals surface area contributed by atoms with Gasteiger partial charge in [0.15, 0.2) is 5.78 Å². The molecule has 0 saturated carbocycles. The molecule has 0 radical (unpaired) electrons. The van der Waals surface area contributed by atoms with Crippen molar-refractivity contribution in [1.29, 1.82) is 0 Å². The SMILES string of the molecule is COc1ncccc1C(=O)Cc1ccc(F)cc1. The molecule has 1 aromatic heterocycles. The molecule has 0 amide bonds. The Morgan fingerprint density at radius 1 is 1.28 bits per heavy atom. The summed E-state index contributed by atoms with van der Waals surface area (Å²) in [7, 11) is 1.47. The van der Waals surface area contributed by atoms with Crippen LogP contribution in [0.15, 0.2) is 42.6 Å². The fourth-order valence-corrected chi connectivity index (χ4v) is 1.65. The van der Waals surface area contributed by atoms with Crippen LogP contribution in [0.2, 0.25) is 0 Å². The largest absolute Gasteiger partial charge is 0.480 e. The average Bonchev–Trinajstić information content (AvgIpc) is 2.41. The van der Waals surface area contributed by atoms with E-state index in [1.165, 1.54) is 19.2 Å². The number of benzene rings is 1. The van der Waals surface area contributed by atoms with Crippen molar-refractivity contribution in [2.24, 2.45) is 0 Å². The molecule has 0 bridgehead atoms. The second-order valence-corrected chi connectivity index (χ2v) is 3.79. The van der Waals surface area contributed by atoms with Gasteiger partial charge in [-0.05, 0) is 29.8 Å². The van der Waals surface area contributed by atoms with Crippen molar-refractivity contribution < 1.29 is 13.9 Å². The molecule has 0 aliphatic heterocycles. The number of methoxy groups -OCH3 is 1. The zero-order valence-electron chi connectivity index (χ0n) is 9.89. The molecule has 92 valence electrons. The van der Waals surface area contributed by atoms with Crippen LogP contribution in [0.25, 0.3) is 0 Å². The van der Waals surface area contributed by atoms with Gasteiger partial charge in [0, 0.05) is 12.6 Å². The van der Waals surface area contributed by atoms with Gasteiger partial charge in [-0.1, -0.05) is 12.1 Å². The quantitative estimate of drug-likeness (QED) is 0.777. The number of carbonyl (C=O) groups is 1. The molecule has 0 spiro atoms. The second-order valence-electron chi connectivity index (χ2n) is 3.79. The molecule has 4 heteroatoms. The van der Waals surface area contributed by atoms with Gasteiger partial charge in [0.2, 0.25) is 5.88 Å². The van der Waals surface area contributed by atoms with Gasteiger partial charge >= 0.3 is 0 Å². The maximum Gasteiger partial charge on any atom is 0.224 e. The number of ether oxygens (including phenoxy) is 1. The van der Waals surface area contributed by atoms with E-state index in [1.807, 2.05) is 0 Å². The smallest absolute Gasteiger partial charge is 0.224 e. The first-order valence-electron chi connectivity index (χ1n) is 5.47. The lowest BCUT2D eigenvalue weighted by Gasteiger charge is -2.05. The van der Waals surface area contributed by atoms with Crippen LogP contribution in [0.5, 0.6) is 5.88 Å². The third-order valence-corrected chi connectivity index (χ3v) is 2.54. The Bertz CT molecular complexity index is 552. The lowest BCUT2D eigenvalue weighted by atomic mass is 10.0. The lowest BCUT2D eigenvalue weighted by Crippen LogP contribution is -2.06. The normalized spacial score (nSPS) is 10.1. The van der Waals surface area contributed by atoms with Crippen LogP contribution in [-0.4, -0.2) is 17.9 Å². The first-order chi connectivity index (χ1) is 8.70. The Kier molecular flexibility index (Phi) is 3.67. The Labute approximate surface area is 104 Å². The van der Waals surface area contributed by atoms with Crippen LogP contribution < -0.4 is 4.74 Å². The molecular formula is C14H12FNO2. The summed E-state index contributed by atoms with van der Waals surface area (Å²) in [4.78, 5) is 16.0. The number of hydrogen-bond acceptors (Lipinski definition) is 3. The number of nitrogens with zero attached hydrogens (tertiary/aromatic N) is 1. The van der Waals surface area contributed by atoms with E-state index in [2.05, 4.69) is 4.98 Å². The van der Waals surface area contributed by atoms with Crippen LogP contribution in [0, 0.1) is 5.82 Å². The van der Waals surface area contributed by atoms with Crippen molar-refractivity contribution in [3.63, 3.8) is 0 Å². The van der Waals surface area contributed by atoms with Crippen LogP contribution in [0.1, 0.15) is 15.9 Å². The monoisotopic (exact) mass is 245 g/mol. The lowest BCUT2D eigenvalue weighted by molar-refractivity contribution is 0.0989. The number of carbonyl (C=O) groups excluding carboxylic acids is 1. The van der Waals surface area contributed by atoms with E-state index >= 15 is 0 Å². The number of halogens is 1. The highest BCUT2D eigenvalue weighted by Gasteiger charge is 2.13. The van der Waals surface area contributed by atoms with Gasteiger partial charge in [-0.15, -0.1) is 0 Å². The topological polar surface area (TPSA) is 39.2 Å². The van der Waals surface area contributed by atoms with Gasteiger partial charge in [-0.2, -0.15) is 0 Å². The zero-order valence-corrected chi connectivity index (χ0v) is 9.89. The summed E-state index contributed by atoms with van der Waals surface area (Å²) in [6.07, 6.45) is 1.76.